The number of imidazole rings is 1. The first-order chi connectivity index (χ1) is 10.2. The number of fused-ring (bicyclic) bond motifs is 1. The maximum absolute atomic E-state index is 13.6. The molecular formula is C13H10FN7. The summed E-state index contributed by atoms with van der Waals surface area (Å²) in [5.41, 5.74) is 1.29. The molecule has 1 aromatic carbocycles. The lowest BCUT2D eigenvalue weighted by Gasteiger charge is -2.09. The summed E-state index contributed by atoms with van der Waals surface area (Å²) in [6, 6.07) is 6.18. The summed E-state index contributed by atoms with van der Waals surface area (Å²) in [7, 11) is 1.68. The summed E-state index contributed by atoms with van der Waals surface area (Å²) in [6.45, 7) is 0. The highest BCUT2D eigenvalue weighted by Crippen LogP contribution is 2.25. The molecule has 0 aliphatic heterocycles. The van der Waals surface area contributed by atoms with Crippen LogP contribution in [0.3, 0.4) is 0 Å². The lowest BCUT2D eigenvalue weighted by molar-refractivity contribution is 0.624. The van der Waals surface area contributed by atoms with Gasteiger partial charge in [0.25, 0.3) is 0 Å². The zero-order valence-corrected chi connectivity index (χ0v) is 11.0. The van der Waals surface area contributed by atoms with Crippen LogP contribution in [0.5, 0.6) is 0 Å². The van der Waals surface area contributed by atoms with Gasteiger partial charge in [0.2, 0.25) is 5.95 Å². The van der Waals surface area contributed by atoms with Crippen molar-refractivity contribution in [1.82, 2.24) is 19.9 Å². The Bertz CT molecular complexity index is 849. The molecule has 0 atom stereocenters. The average molecular weight is 283 g/mol. The van der Waals surface area contributed by atoms with Crippen molar-refractivity contribution in [1.29, 1.82) is 5.26 Å². The van der Waals surface area contributed by atoms with E-state index in [0.717, 1.165) is 0 Å². The number of nitriles is 1. The van der Waals surface area contributed by atoms with E-state index in [-0.39, 0.29) is 5.56 Å². The van der Waals surface area contributed by atoms with Gasteiger partial charge < -0.3 is 15.6 Å². The van der Waals surface area contributed by atoms with Crippen LogP contribution in [-0.4, -0.2) is 27.0 Å². The van der Waals surface area contributed by atoms with Crippen molar-refractivity contribution >= 4 is 28.6 Å². The number of H-pyrrole nitrogens is 1. The van der Waals surface area contributed by atoms with E-state index in [1.165, 1.54) is 18.5 Å². The van der Waals surface area contributed by atoms with E-state index < -0.39 is 5.82 Å². The van der Waals surface area contributed by atoms with Crippen molar-refractivity contribution in [3.63, 3.8) is 0 Å². The SMILES string of the molecule is CNc1nc(Nc2cccc(F)c2C#N)c2[nH]cnc2n1. The third kappa shape index (κ3) is 2.21. The lowest BCUT2D eigenvalue weighted by atomic mass is 10.2. The first kappa shape index (κ1) is 12.8. The van der Waals surface area contributed by atoms with Gasteiger partial charge in [-0.05, 0) is 12.1 Å². The predicted molar refractivity (Wildman–Crippen MR) is 75.6 cm³/mol. The number of hydrogen-bond donors (Lipinski definition) is 3. The monoisotopic (exact) mass is 283 g/mol. The summed E-state index contributed by atoms with van der Waals surface area (Å²) < 4.78 is 13.6. The second kappa shape index (κ2) is 5.05. The van der Waals surface area contributed by atoms with Gasteiger partial charge in [-0.15, -0.1) is 0 Å². The zero-order valence-electron chi connectivity index (χ0n) is 11.0. The fraction of sp³-hybridized carbons (Fsp3) is 0.0769. The Morgan fingerprint density at radius 2 is 2.19 bits per heavy atom. The number of halogens is 1. The molecule has 2 heterocycles. The molecule has 0 unspecified atom stereocenters. The Hall–Kier alpha value is -3.21. The Balaban J connectivity index is 2.12. The molecule has 0 aliphatic carbocycles. The largest absolute Gasteiger partial charge is 0.357 e. The van der Waals surface area contributed by atoms with Crippen molar-refractivity contribution in [2.24, 2.45) is 0 Å². The van der Waals surface area contributed by atoms with Gasteiger partial charge in [0, 0.05) is 7.05 Å². The lowest BCUT2D eigenvalue weighted by Crippen LogP contribution is -2.03. The molecule has 8 heteroatoms. The minimum absolute atomic E-state index is 0.0743. The average Bonchev–Trinajstić information content (AvgIpc) is 2.96. The molecule has 21 heavy (non-hydrogen) atoms. The first-order valence-corrected chi connectivity index (χ1v) is 6.07. The van der Waals surface area contributed by atoms with E-state index in [0.29, 0.717) is 28.6 Å². The van der Waals surface area contributed by atoms with Crippen molar-refractivity contribution < 1.29 is 4.39 Å². The molecule has 3 aromatic rings. The van der Waals surface area contributed by atoms with E-state index in [4.69, 9.17) is 5.26 Å². The van der Waals surface area contributed by atoms with Gasteiger partial charge >= 0.3 is 0 Å². The van der Waals surface area contributed by atoms with Gasteiger partial charge in [0.15, 0.2) is 11.5 Å². The number of aromatic amines is 1. The summed E-state index contributed by atoms with van der Waals surface area (Å²) in [4.78, 5) is 15.4. The van der Waals surface area contributed by atoms with E-state index in [9.17, 15) is 4.39 Å². The molecule has 3 rings (SSSR count). The van der Waals surface area contributed by atoms with Crippen molar-refractivity contribution in [2.75, 3.05) is 17.7 Å². The van der Waals surface area contributed by atoms with Gasteiger partial charge in [0.05, 0.1) is 12.0 Å². The van der Waals surface area contributed by atoms with Crippen molar-refractivity contribution in [3.8, 4) is 6.07 Å². The maximum atomic E-state index is 13.6. The van der Waals surface area contributed by atoms with Crippen LogP contribution in [0.1, 0.15) is 5.56 Å². The Morgan fingerprint density at radius 1 is 1.33 bits per heavy atom. The highest BCUT2D eigenvalue weighted by molar-refractivity contribution is 5.86. The Morgan fingerprint density at radius 3 is 2.95 bits per heavy atom. The highest BCUT2D eigenvalue weighted by atomic mass is 19.1. The Kier molecular flexibility index (Phi) is 3.08. The molecule has 0 fully saturated rings. The number of nitrogens with zero attached hydrogens (tertiary/aromatic N) is 4. The standard InChI is InChI=1S/C13H10FN7/c1-16-13-20-11-10(17-6-18-11)12(21-13)19-9-4-2-3-8(14)7(9)5-15/h2-4,6H,1H3,(H3,16,17,18,19,20,21). The normalized spacial score (nSPS) is 10.3. The minimum atomic E-state index is -0.591. The third-order valence-electron chi connectivity index (χ3n) is 2.89. The molecule has 7 nitrogen and oxygen atoms in total. The van der Waals surface area contributed by atoms with Crippen LogP contribution in [0, 0.1) is 17.1 Å². The second-order valence-corrected chi connectivity index (χ2v) is 4.15. The number of aromatic nitrogens is 4. The molecule has 0 radical (unpaired) electrons. The predicted octanol–water partition coefficient (Wildman–Crippen LogP) is 2.15. The number of nitrogens with one attached hydrogen (secondary N) is 3. The second-order valence-electron chi connectivity index (χ2n) is 4.15. The van der Waals surface area contributed by atoms with Crippen LogP contribution in [0.25, 0.3) is 11.2 Å². The van der Waals surface area contributed by atoms with Crippen molar-refractivity contribution in [3.05, 3.63) is 35.9 Å². The molecule has 0 amide bonds. The summed E-state index contributed by atoms with van der Waals surface area (Å²) in [5, 5.41) is 14.8. The fourth-order valence-electron chi connectivity index (χ4n) is 1.90. The van der Waals surface area contributed by atoms with Gasteiger partial charge in [-0.25, -0.2) is 9.37 Å². The van der Waals surface area contributed by atoms with Crippen LogP contribution in [0.2, 0.25) is 0 Å². The quantitative estimate of drug-likeness (QED) is 0.680. The number of hydrogen-bond acceptors (Lipinski definition) is 6. The van der Waals surface area contributed by atoms with Gasteiger partial charge in [-0.2, -0.15) is 15.2 Å². The minimum Gasteiger partial charge on any atom is -0.357 e. The first-order valence-electron chi connectivity index (χ1n) is 6.07. The molecule has 0 spiro atoms. The van der Waals surface area contributed by atoms with Crippen LogP contribution in [0.15, 0.2) is 24.5 Å². The van der Waals surface area contributed by atoms with Crippen LogP contribution < -0.4 is 10.6 Å². The van der Waals surface area contributed by atoms with Crippen LogP contribution in [-0.2, 0) is 0 Å². The van der Waals surface area contributed by atoms with Crippen molar-refractivity contribution in [2.45, 2.75) is 0 Å². The highest BCUT2D eigenvalue weighted by Gasteiger charge is 2.13. The third-order valence-corrected chi connectivity index (χ3v) is 2.89. The molecule has 104 valence electrons. The zero-order chi connectivity index (χ0) is 14.8. The van der Waals surface area contributed by atoms with E-state index in [2.05, 4.69) is 30.6 Å². The summed E-state index contributed by atoms with van der Waals surface area (Å²) >= 11 is 0. The Labute approximate surface area is 118 Å². The fourth-order valence-corrected chi connectivity index (χ4v) is 1.90. The topological polar surface area (TPSA) is 102 Å². The van der Waals surface area contributed by atoms with Gasteiger partial charge in [0.1, 0.15) is 23.0 Å². The maximum Gasteiger partial charge on any atom is 0.226 e. The van der Waals surface area contributed by atoms with E-state index in [1.807, 2.05) is 6.07 Å². The van der Waals surface area contributed by atoms with E-state index >= 15 is 0 Å². The summed E-state index contributed by atoms with van der Waals surface area (Å²) in [5.74, 6) is 0.183. The summed E-state index contributed by atoms with van der Waals surface area (Å²) in [6.07, 6.45) is 1.49. The molecule has 2 aromatic heterocycles. The molecule has 0 saturated heterocycles. The van der Waals surface area contributed by atoms with E-state index in [1.54, 1.807) is 13.1 Å². The number of anilines is 3. The molecule has 0 saturated carbocycles. The molecule has 0 aliphatic rings. The molecule has 0 bridgehead atoms. The number of rotatable bonds is 3. The van der Waals surface area contributed by atoms with Crippen LogP contribution >= 0.6 is 0 Å². The van der Waals surface area contributed by atoms with Gasteiger partial charge in [-0.1, -0.05) is 6.07 Å². The molecular weight excluding hydrogens is 273 g/mol. The van der Waals surface area contributed by atoms with Crippen LogP contribution in [0.4, 0.5) is 21.8 Å². The smallest absolute Gasteiger partial charge is 0.226 e. The van der Waals surface area contributed by atoms with Gasteiger partial charge in [-0.3, -0.25) is 0 Å². The number of benzene rings is 1. The molecule has 3 N–H and O–H groups in total.